The number of aliphatic hydroxyl groups is 1. The van der Waals surface area contributed by atoms with Crippen molar-refractivity contribution in [1.82, 2.24) is 4.98 Å². The second-order valence-corrected chi connectivity index (χ2v) is 6.63. The fourth-order valence-electron chi connectivity index (χ4n) is 2.87. The maximum absolute atomic E-state index is 13.4. The van der Waals surface area contributed by atoms with Crippen LogP contribution in [0.1, 0.15) is 35.5 Å². The smallest absolute Gasteiger partial charge is 0.183 e. The number of nitrogens with zero attached hydrogens (tertiary/aromatic N) is 1. The lowest BCUT2D eigenvalue weighted by Crippen LogP contribution is -2.11. The molecule has 0 bridgehead atoms. The van der Waals surface area contributed by atoms with Gasteiger partial charge in [0.2, 0.25) is 0 Å². The molecule has 4 nitrogen and oxygen atoms in total. The highest BCUT2D eigenvalue weighted by Crippen LogP contribution is 2.30. The zero-order valence-corrected chi connectivity index (χ0v) is 15.0. The van der Waals surface area contributed by atoms with Crippen LogP contribution in [0.2, 0.25) is 0 Å². The topological polar surface area (TPSA) is 62.2 Å². The SMILES string of the molecule is Cc1cc(F)ccc1Nc1cc(C(=O)C(C)C)nc2c(CO)cccc12. The van der Waals surface area contributed by atoms with E-state index in [1.165, 1.54) is 12.1 Å². The van der Waals surface area contributed by atoms with Gasteiger partial charge in [-0.05, 0) is 36.8 Å². The minimum absolute atomic E-state index is 0.0708. The van der Waals surface area contributed by atoms with Gasteiger partial charge in [-0.25, -0.2) is 9.37 Å². The van der Waals surface area contributed by atoms with E-state index in [0.29, 0.717) is 22.5 Å². The van der Waals surface area contributed by atoms with Crippen LogP contribution in [0.25, 0.3) is 10.9 Å². The van der Waals surface area contributed by atoms with Crippen molar-refractivity contribution in [3.63, 3.8) is 0 Å². The number of Topliss-reactive ketones (excluding diaryl/α,β-unsaturated/α-hetero) is 1. The second-order valence-electron chi connectivity index (χ2n) is 6.63. The zero-order chi connectivity index (χ0) is 18.8. The van der Waals surface area contributed by atoms with Gasteiger partial charge in [0.25, 0.3) is 0 Å². The lowest BCUT2D eigenvalue weighted by molar-refractivity contribution is 0.0934. The third kappa shape index (κ3) is 3.44. The van der Waals surface area contributed by atoms with Crippen LogP contribution in [-0.2, 0) is 6.61 Å². The molecule has 1 heterocycles. The highest BCUT2D eigenvalue weighted by Gasteiger charge is 2.17. The van der Waals surface area contributed by atoms with Gasteiger partial charge in [-0.15, -0.1) is 0 Å². The van der Waals surface area contributed by atoms with Crippen molar-refractivity contribution < 1.29 is 14.3 Å². The van der Waals surface area contributed by atoms with Gasteiger partial charge in [0.15, 0.2) is 5.78 Å². The van der Waals surface area contributed by atoms with E-state index in [4.69, 9.17) is 0 Å². The predicted octanol–water partition coefficient (Wildman–Crippen LogP) is 4.76. The number of aliphatic hydroxyl groups excluding tert-OH is 1. The van der Waals surface area contributed by atoms with Crippen LogP contribution in [0.5, 0.6) is 0 Å². The van der Waals surface area contributed by atoms with Gasteiger partial charge in [-0.3, -0.25) is 4.79 Å². The third-order valence-corrected chi connectivity index (χ3v) is 4.33. The highest BCUT2D eigenvalue weighted by molar-refractivity contribution is 6.03. The third-order valence-electron chi connectivity index (χ3n) is 4.33. The van der Waals surface area contributed by atoms with Crippen LogP contribution in [0.4, 0.5) is 15.8 Å². The molecule has 0 amide bonds. The summed E-state index contributed by atoms with van der Waals surface area (Å²) in [4.78, 5) is 17.0. The van der Waals surface area contributed by atoms with E-state index in [9.17, 15) is 14.3 Å². The minimum atomic E-state index is -0.300. The van der Waals surface area contributed by atoms with Crippen molar-refractivity contribution in [3.05, 3.63) is 65.1 Å². The Kier molecular flexibility index (Phi) is 5.00. The number of halogens is 1. The molecule has 0 saturated carbocycles. The average molecular weight is 352 g/mol. The number of ketones is 1. The first kappa shape index (κ1) is 18.0. The van der Waals surface area contributed by atoms with Gasteiger partial charge >= 0.3 is 0 Å². The summed E-state index contributed by atoms with van der Waals surface area (Å²) < 4.78 is 13.4. The van der Waals surface area contributed by atoms with Crippen LogP contribution in [-0.4, -0.2) is 15.9 Å². The summed E-state index contributed by atoms with van der Waals surface area (Å²) >= 11 is 0. The number of para-hydroxylation sites is 1. The van der Waals surface area contributed by atoms with Crippen molar-refractivity contribution in [1.29, 1.82) is 0 Å². The van der Waals surface area contributed by atoms with Gasteiger partial charge in [0.05, 0.1) is 17.8 Å². The number of hydrogen-bond donors (Lipinski definition) is 2. The van der Waals surface area contributed by atoms with E-state index in [2.05, 4.69) is 10.3 Å². The highest BCUT2D eigenvalue weighted by atomic mass is 19.1. The Morgan fingerprint density at radius 1 is 1.19 bits per heavy atom. The number of carbonyl (C=O) groups is 1. The fourth-order valence-corrected chi connectivity index (χ4v) is 2.87. The Morgan fingerprint density at radius 3 is 2.62 bits per heavy atom. The monoisotopic (exact) mass is 352 g/mol. The number of hydrogen-bond acceptors (Lipinski definition) is 4. The van der Waals surface area contributed by atoms with Gasteiger partial charge in [-0.1, -0.05) is 32.0 Å². The lowest BCUT2D eigenvalue weighted by atomic mass is 10.0. The van der Waals surface area contributed by atoms with Crippen LogP contribution in [0, 0.1) is 18.7 Å². The summed E-state index contributed by atoms with van der Waals surface area (Å²) in [5, 5.41) is 13.7. The van der Waals surface area contributed by atoms with E-state index >= 15 is 0 Å². The number of aryl methyl sites for hydroxylation is 1. The Bertz CT molecular complexity index is 983. The number of aromatic nitrogens is 1. The first-order chi connectivity index (χ1) is 12.4. The second kappa shape index (κ2) is 7.22. The number of nitrogens with one attached hydrogen (secondary N) is 1. The lowest BCUT2D eigenvalue weighted by Gasteiger charge is -2.15. The number of pyridine rings is 1. The van der Waals surface area contributed by atoms with Crippen molar-refractivity contribution in [2.45, 2.75) is 27.4 Å². The maximum Gasteiger partial charge on any atom is 0.183 e. The molecule has 3 rings (SSSR count). The molecule has 26 heavy (non-hydrogen) atoms. The molecule has 0 radical (unpaired) electrons. The van der Waals surface area contributed by atoms with Crippen molar-refractivity contribution in [2.24, 2.45) is 5.92 Å². The fraction of sp³-hybridized carbons (Fsp3) is 0.238. The minimum Gasteiger partial charge on any atom is -0.392 e. The first-order valence-electron chi connectivity index (χ1n) is 8.51. The molecule has 0 aliphatic rings. The van der Waals surface area contributed by atoms with E-state index in [1.807, 2.05) is 32.9 Å². The molecular formula is C21H21FN2O2. The Balaban J connectivity index is 2.20. The summed E-state index contributed by atoms with van der Waals surface area (Å²) in [5.74, 6) is -0.564. The van der Waals surface area contributed by atoms with Crippen LogP contribution in [0.3, 0.4) is 0 Å². The largest absolute Gasteiger partial charge is 0.392 e. The summed E-state index contributed by atoms with van der Waals surface area (Å²) in [6.07, 6.45) is 0. The van der Waals surface area contributed by atoms with E-state index in [1.54, 1.807) is 18.2 Å². The molecule has 0 aliphatic carbocycles. The van der Waals surface area contributed by atoms with Gasteiger partial charge in [0, 0.05) is 22.6 Å². The van der Waals surface area contributed by atoms with Crippen molar-refractivity contribution >= 4 is 28.1 Å². The van der Waals surface area contributed by atoms with E-state index < -0.39 is 0 Å². The standard InChI is InChI=1S/C21H21FN2O2/c1-12(2)21(26)19-10-18(23-17-8-7-15(22)9-13(17)3)16-6-4-5-14(11-25)20(16)24-19/h4-10,12,25H,11H2,1-3H3,(H,23,24). The molecular weight excluding hydrogens is 331 g/mol. The molecule has 1 aromatic heterocycles. The molecule has 0 fully saturated rings. The molecule has 0 spiro atoms. The number of fused-ring (bicyclic) bond motifs is 1. The number of benzene rings is 2. The van der Waals surface area contributed by atoms with Gasteiger partial charge < -0.3 is 10.4 Å². The molecule has 5 heteroatoms. The van der Waals surface area contributed by atoms with Crippen molar-refractivity contribution in [3.8, 4) is 0 Å². The van der Waals surface area contributed by atoms with E-state index in [0.717, 1.165) is 16.6 Å². The molecule has 134 valence electrons. The number of anilines is 2. The summed E-state index contributed by atoms with van der Waals surface area (Å²) in [6.45, 7) is 5.29. The Hall–Kier alpha value is -2.79. The van der Waals surface area contributed by atoms with Crippen LogP contribution in [0.15, 0.2) is 42.5 Å². The maximum atomic E-state index is 13.4. The normalized spacial score (nSPS) is 11.2. The summed E-state index contributed by atoms with van der Waals surface area (Å²) in [7, 11) is 0. The predicted molar refractivity (Wildman–Crippen MR) is 101 cm³/mol. The molecule has 0 unspecified atom stereocenters. The van der Waals surface area contributed by atoms with Crippen LogP contribution < -0.4 is 5.32 Å². The average Bonchev–Trinajstić information content (AvgIpc) is 2.62. The van der Waals surface area contributed by atoms with Gasteiger partial charge in [0.1, 0.15) is 11.5 Å². The molecule has 0 atom stereocenters. The molecule has 2 N–H and O–H groups in total. The number of carbonyl (C=O) groups excluding carboxylic acids is 1. The van der Waals surface area contributed by atoms with Crippen LogP contribution >= 0.6 is 0 Å². The van der Waals surface area contributed by atoms with Crippen molar-refractivity contribution in [2.75, 3.05) is 5.32 Å². The molecule has 3 aromatic rings. The first-order valence-corrected chi connectivity index (χ1v) is 8.51. The summed E-state index contributed by atoms with van der Waals surface area (Å²) in [5.41, 5.74) is 3.78. The quantitative estimate of drug-likeness (QED) is 0.650. The Morgan fingerprint density at radius 2 is 1.96 bits per heavy atom. The number of rotatable bonds is 5. The molecule has 0 aliphatic heterocycles. The Labute approximate surface area is 151 Å². The summed E-state index contributed by atoms with van der Waals surface area (Å²) in [6, 6.07) is 11.7. The zero-order valence-electron chi connectivity index (χ0n) is 15.0. The van der Waals surface area contributed by atoms with E-state index in [-0.39, 0.29) is 24.1 Å². The molecule has 2 aromatic carbocycles. The van der Waals surface area contributed by atoms with Gasteiger partial charge in [-0.2, -0.15) is 0 Å². The molecule has 0 saturated heterocycles.